The second-order valence-electron chi connectivity index (χ2n) is 26.4. The van der Waals surface area contributed by atoms with Gasteiger partial charge in [0.1, 0.15) is 47.6 Å². The Morgan fingerprint density at radius 2 is 0.927 bits per heavy atom. The zero-order valence-corrected chi connectivity index (χ0v) is 56.0. The van der Waals surface area contributed by atoms with Crippen molar-refractivity contribution in [1.29, 1.82) is 0 Å². The summed E-state index contributed by atoms with van der Waals surface area (Å²) in [4.78, 5) is 142. The van der Waals surface area contributed by atoms with Gasteiger partial charge in [-0.15, -0.1) is 0 Å². The molecule has 10 N–H and O–H groups in total. The smallest absolute Gasteiger partial charge is 0.253 e. The molecule has 0 aliphatic carbocycles. The van der Waals surface area contributed by atoms with Crippen LogP contribution in [0.1, 0.15) is 151 Å². The number of hydrogen-bond acceptors (Lipinski definition) is 15. The van der Waals surface area contributed by atoms with Gasteiger partial charge in [0, 0.05) is 57.1 Å². The molecule has 5 aromatic carbocycles. The van der Waals surface area contributed by atoms with Crippen molar-refractivity contribution in [1.82, 2.24) is 52.3 Å². The Hall–Kier alpha value is -8.60. The first-order valence-corrected chi connectivity index (χ1v) is 34.8. The molecule has 0 saturated carbocycles. The monoisotopic (exact) mass is 1310 g/mol. The van der Waals surface area contributed by atoms with Crippen molar-refractivity contribution in [2.75, 3.05) is 50.9 Å². The van der Waals surface area contributed by atoms with Gasteiger partial charge in [0.05, 0.1) is 12.1 Å². The lowest BCUT2D eigenvalue weighted by Crippen LogP contribution is -2.59. The highest BCUT2D eigenvalue weighted by Crippen LogP contribution is 2.38. The summed E-state index contributed by atoms with van der Waals surface area (Å²) in [6, 6.07) is 31.3. The van der Waals surface area contributed by atoms with E-state index in [1.165, 1.54) is 5.56 Å². The van der Waals surface area contributed by atoms with Gasteiger partial charge in [0.15, 0.2) is 5.78 Å². The van der Waals surface area contributed by atoms with Crippen molar-refractivity contribution in [2.24, 2.45) is 11.8 Å². The van der Waals surface area contributed by atoms with E-state index in [9.17, 15) is 47.9 Å². The highest BCUT2D eigenvalue weighted by molar-refractivity contribution is 5.98. The lowest BCUT2D eigenvalue weighted by atomic mass is 9.88. The summed E-state index contributed by atoms with van der Waals surface area (Å²) in [5.41, 5.74) is 2.64. The van der Waals surface area contributed by atoms with Crippen molar-refractivity contribution >= 4 is 58.5 Å². The average Bonchev–Trinajstić information content (AvgIpc) is 1.02. The summed E-state index contributed by atoms with van der Waals surface area (Å²) in [5.74, 6) is -3.00. The molecular formula is C74H98N12O10. The van der Waals surface area contributed by atoms with E-state index in [2.05, 4.69) is 65.3 Å². The van der Waals surface area contributed by atoms with Crippen LogP contribution in [0.5, 0.6) is 0 Å². The minimum atomic E-state index is -1.06. The predicted molar refractivity (Wildman–Crippen MR) is 370 cm³/mol. The van der Waals surface area contributed by atoms with Gasteiger partial charge in [0.25, 0.3) is 10.9 Å². The van der Waals surface area contributed by atoms with Crippen molar-refractivity contribution in [2.45, 2.75) is 190 Å². The zero-order chi connectivity index (χ0) is 68.1. The van der Waals surface area contributed by atoms with Gasteiger partial charge in [-0.05, 0) is 152 Å². The van der Waals surface area contributed by atoms with E-state index >= 15 is 0 Å². The number of ketones is 1. The van der Waals surface area contributed by atoms with Crippen LogP contribution >= 0.6 is 0 Å². The molecule has 0 bridgehead atoms. The van der Waals surface area contributed by atoms with E-state index in [1.807, 2.05) is 72.8 Å². The van der Waals surface area contributed by atoms with E-state index in [0.29, 0.717) is 121 Å². The number of rotatable bonds is 35. The Morgan fingerprint density at radius 3 is 1.46 bits per heavy atom. The molecule has 0 unspecified atom stereocenters. The number of anilines is 2. The molecule has 12 atom stereocenters. The van der Waals surface area contributed by atoms with Crippen LogP contribution in [0, 0.1) is 11.8 Å². The maximum absolute atomic E-state index is 14.7. The molecule has 4 fully saturated rings. The van der Waals surface area contributed by atoms with Gasteiger partial charge < -0.3 is 63.0 Å². The molecular weight excluding hydrogens is 1220 g/mol. The van der Waals surface area contributed by atoms with Gasteiger partial charge in [-0.2, -0.15) is 0 Å². The summed E-state index contributed by atoms with van der Waals surface area (Å²) < 4.78 is 0. The normalized spacial score (nSPS) is 22.1. The van der Waals surface area contributed by atoms with Crippen LogP contribution in [0.15, 0.2) is 131 Å². The number of nitrogens with one attached hydrogen (secondary N) is 10. The highest BCUT2D eigenvalue weighted by atomic mass is 16.2. The molecule has 0 radical (unpaired) electrons. The fourth-order valence-electron chi connectivity index (χ4n) is 14.2. The van der Waals surface area contributed by atoms with E-state index < -0.39 is 76.9 Å². The van der Waals surface area contributed by atoms with Crippen LogP contribution < -0.4 is 64.0 Å². The van der Waals surface area contributed by atoms with E-state index in [0.717, 1.165) is 24.8 Å². The molecule has 9 rings (SSSR count). The van der Waals surface area contributed by atoms with Crippen LogP contribution in [0.2, 0.25) is 0 Å². The number of hydrogen-bond donors (Lipinski definition) is 10. The van der Waals surface area contributed by atoms with Crippen molar-refractivity contribution in [3.05, 3.63) is 164 Å². The molecule has 5 aromatic rings. The number of unbranched alkanes of at least 4 members (excludes halogenated alkanes) is 3. The Morgan fingerprint density at radius 1 is 0.479 bits per heavy atom. The van der Waals surface area contributed by atoms with Gasteiger partial charge in [-0.3, -0.25) is 47.9 Å². The summed E-state index contributed by atoms with van der Waals surface area (Å²) in [5, 5.41) is 30.7. The van der Waals surface area contributed by atoms with Gasteiger partial charge in [-0.1, -0.05) is 128 Å². The number of amides is 7. The molecule has 7 amide bonds. The summed E-state index contributed by atoms with van der Waals surface area (Å²) in [7, 11) is 3.37. The number of nitrogens with zero attached hydrogens (tertiary/aromatic N) is 2. The SMILES string of the molecule is CN[C@@H](C)C(=O)N[C@@H]1C(=O)N2[C@@H](CC[C@@H]1CNCc1ccccc1)CC[C@H]2C(=O)N[C@H](C(=O)CCCCCNc1c(NCCCCNC(=O)[C@@H](NC(=O)[C@@H]2CC[C@@H]3CC[C@H](CCCc4ccccc4)[C@H](NC(=O)[C@H](C)NC)C(=O)N32)c2ccccc2)c(=O)c1=O)c1ccccc1. The first kappa shape index (κ1) is 71.7. The molecule has 4 aliphatic rings. The molecule has 4 heterocycles. The Bertz CT molecular complexity index is 3250. The number of aryl methyl sites for hydroxylation is 1. The molecule has 0 aromatic heterocycles. The number of Topliss-reactive ketones (excluding diaryl/α,β-unsaturated/α-hetero) is 1. The first-order chi connectivity index (χ1) is 46.6. The predicted octanol–water partition coefficient (Wildman–Crippen LogP) is 5.38. The average molecular weight is 1320 g/mol. The lowest BCUT2D eigenvalue weighted by molar-refractivity contribution is -0.144. The largest absolute Gasteiger partial charge is 0.380 e. The third kappa shape index (κ3) is 18.5. The summed E-state index contributed by atoms with van der Waals surface area (Å²) in [6.07, 6.45) is 10.1. The maximum Gasteiger partial charge on any atom is 0.253 e. The van der Waals surface area contributed by atoms with Crippen LogP contribution in [0.25, 0.3) is 0 Å². The number of benzene rings is 4. The van der Waals surface area contributed by atoms with Crippen LogP contribution in [-0.4, -0.2) is 146 Å². The van der Waals surface area contributed by atoms with Gasteiger partial charge in [-0.25, -0.2) is 0 Å². The fraction of sp³-hybridized carbons (Fsp3) is 0.514. The molecule has 96 heavy (non-hydrogen) atoms. The van der Waals surface area contributed by atoms with E-state index in [4.69, 9.17) is 0 Å². The summed E-state index contributed by atoms with van der Waals surface area (Å²) in [6.45, 7) is 5.51. The van der Waals surface area contributed by atoms with E-state index in [1.54, 1.807) is 74.1 Å². The molecule has 0 spiro atoms. The van der Waals surface area contributed by atoms with E-state index in [-0.39, 0.29) is 77.7 Å². The summed E-state index contributed by atoms with van der Waals surface area (Å²) >= 11 is 0. The Balaban J connectivity index is 0.722. The third-order valence-corrected chi connectivity index (χ3v) is 20.0. The number of carbonyl (C=O) groups excluding carboxylic acids is 8. The van der Waals surface area contributed by atoms with Gasteiger partial charge in [0.2, 0.25) is 41.4 Å². The van der Waals surface area contributed by atoms with Gasteiger partial charge >= 0.3 is 0 Å². The second kappa shape index (κ2) is 35.4. The second-order valence-corrected chi connectivity index (χ2v) is 26.4. The fourth-order valence-corrected chi connectivity index (χ4v) is 14.2. The topological polar surface area (TPSA) is 297 Å². The standard InChI is InChI=1S/C74H98N12O10/c1-47(75-3)68(90)83-62-53(32-22-27-49-23-10-5-11-24-49)34-36-55-38-41-58(85(55)73(62)95)71(93)82-61(52-30-16-8-17-31-52)72(94)80-44-21-20-43-79-65-64(66(88)67(65)89)78-42-19-9-18-33-59(87)60(51-28-14-7-15-29-51)81-70(92)57-40-39-56-37-35-54(46-77-45-50-25-12-6-13-26-50)63(74(96)86(56)57)84-69(91)48(2)76-4/h5-8,10-17,23-26,28-31,47-48,53-58,60-63,75-79H,9,18-22,27,32-46H2,1-4H3,(H,80,94)(H,81,92)(H,82,93)(H,83,90)(H,84,91)/t47-,48-,53-,54+,55-,56-,57-,58-,60-,61-,62-,63-/m0/s1. The number of fused-ring (bicyclic) bond motifs is 2. The Labute approximate surface area is 563 Å². The minimum absolute atomic E-state index is 0.122. The quantitative estimate of drug-likeness (QED) is 0.0180. The maximum atomic E-state index is 14.7. The van der Waals surface area contributed by atoms with Crippen molar-refractivity contribution in [3.63, 3.8) is 0 Å². The van der Waals surface area contributed by atoms with Crippen LogP contribution in [0.3, 0.4) is 0 Å². The molecule has 514 valence electrons. The van der Waals surface area contributed by atoms with Crippen molar-refractivity contribution in [3.8, 4) is 0 Å². The zero-order valence-electron chi connectivity index (χ0n) is 56.0. The number of carbonyl (C=O) groups is 8. The van der Waals surface area contributed by atoms with Crippen LogP contribution in [-0.2, 0) is 51.3 Å². The minimum Gasteiger partial charge on any atom is -0.380 e. The first-order valence-electron chi connectivity index (χ1n) is 34.8. The molecule has 4 saturated heterocycles. The molecule has 22 nitrogen and oxygen atoms in total. The van der Waals surface area contributed by atoms with Crippen LogP contribution in [0.4, 0.5) is 11.4 Å². The lowest BCUT2D eigenvalue weighted by Gasteiger charge is -2.33. The number of likely N-dealkylation sites (N-methyl/N-ethyl adjacent to an activating group) is 2. The van der Waals surface area contributed by atoms with Crippen molar-refractivity contribution < 1.29 is 38.4 Å². The Kier molecular flexibility index (Phi) is 26.4. The molecule has 22 heteroatoms. The highest BCUT2D eigenvalue weighted by Gasteiger charge is 2.50. The third-order valence-electron chi connectivity index (χ3n) is 20.0. The molecule has 4 aliphatic heterocycles.